The first-order valence-electron chi connectivity index (χ1n) is 5.92. The summed E-state index contributed by atoms with van der Waals surface area (Å²) in [5.74, 6) is 0.425. The molecule has 1 rings (SSSR count). The number of hydrogen-bond donors (Lipinski definition) is 1. The van der Waals surface area contributed by atoms with Crippen LogP contribution in [0.4, 0.5) is 0 Å². The summed E-state index contributed by atoms with van der Waals surface area (Å²) in [6.07, 6.45) is 0.991. The summed E-state index contributed by atoms with van der Waals surface area (Å²) < 4.78 is 0. The first-order valence-corrected chi connectivity index (χ1v) is 5.92. The van der Waals surface area contributed by atoms with Crippen LogP contribution in [0.3, 0.4) is 0 Å². The molecule has 0 aliphatic rings. The zero-order valence-electron chi connectivity index (χ0n) is 11.4. The van der Waals surface area contributed by atoms with E-state index in [1.807, 2.05) is 6.07 Å². The lowest BCUT2D eigenvalue weighted by atomic mass is 9.83. The van der Waals surface area contributed by atoms with Crippen molar-refractivity contribution in [3.8, 4) is 5.75 Å². The van der Waals surface area contributed by atoms with Gasteiger partial charge in [-0.15, -0.1) is 0 Å². The highest BCUT2D eigenvalue weighted by molar-refractivity contribution is 5.40. The third-order valence-corrected chi connectivity index (χ3v) is 2.60. The van der Waals surface area contributed by atoms with E-state index in [1.54, 1.807) is 0 Å². The monoisotopic (exact) mass is 220 g/mol. The Labute approximate surface area is 99.5 Å². The van der Waals surface area contributed by atoms with E-state index < -0.39 is 0 Å². The lowest BCUT2D eigenvalue weighted by molar-refractivity contribution is 0.407. The quantitative estimate of drug-likeness (QED) is 0.749. The molecule has 0 aliphatic carbocycles. The van der Waals surface area contributed by atoms with E-state index in [-0.39, 0.29) is 10.8 Å². The Morgan fingerprint density at radius 3 is 1.94 bits per heavy atom. The molecule has 0 aliphatic heterocycles. The summed E-state index contributed by atoms with van der Waals surface area (Å²) in [6.45, 7) is 13.0. The minimum atomic E-state index is 0.00431. The van der Waals surface area contributed by atoms with Crippen molar-refractivity contribution in [3.05, 3.63) is 29.3 Å². The van der Waals surface area contributed by atoms with Crippen molar-refractivity contribution in [2.24, 2.45) is 5.41 Å². The zero-order chi connectivity index (χ0) is 12.6. The van der Waals surface area contributed by atoms with Crippen LogP contribution in [0.5, 0.6) is 5.75 Å². The molecule has 1 aromatic carbocycles. The maximum absolute atomic E-state index is 10.0. The van der Waals surface area contributed by atoms with Gasteiger partial charge in [0.05, 0.1) is 0 Å². The van der Waals surface area contributed by atoms with Gasteiger partial charge in [-0.1, -0.05) is 53.7 Å². The lowest BCUT2D eigenvalue weighted by Crippen LogP contribution is -2.13. The molecule has 1 heteroatoms. The van der Waals surface area contributed by atoms with Gasteiger partial charge in [0.1, 0.15) is 5.75 Å². The van der Waals surface area contributed by atoms with Crippen LogP contribution in [0.15, 0.2) is 18.2 Å². The van der Waals surface area contributed by atoms with Crippen molar-refractivity contribution < 1.29 is 5.11 Å². The summed E-state index contributed by atoms with van der Waals surface area (Å²) in [6, 6.07) is 6.09. The summed E-state index contributed by atoms with van der Waals surface area (Å²) >= 11 is 0. The van der Waals surface area contributed by atoms with Crippen LogP contribution in [-0.2, 0) is 11.8 Å². The van der Waals surface area contributed by atoms with E-state index in [4.69, 9.17) is 0 Å². The van der Waals surface area contributed by atoms with E-state index in [1.165, 1.54) is 5.56 Å². The molecule has 90 valence electrons. The van der Waals surface area contributed by atoms with Crippen LogP contribution >= 0.6 is 0 Å². The van der Waals surface area contributed by atoms with Crippen LogP contribution in [-0.4, -0.2) is 5.11 Å². The Hall–Kier alpha value is -0.980. The van der Waals surface area contributed by atoms with E-state index in [0.717, 1.165) is 12.0 Å². The molecule has 0 radical (unpaired) electrons. The fourth-order valence-corrected chi connectivity index (χ4v) is 1.93. The number of benzene rings is 1. The van der Waals surface area contributed by atoms with Gasteiger partial charge in [0.15, 0.2) is 0 Å². The predicted molar refractivity (Wildman–Crippen MR) is 70.0 cm³/mol. The summed E-state index contributed by atoms with van der Waals surface area (Å²) in [5.41, 5.74) is 2.49. The Bertz CT molecular complexity index is 364. The summed E-state index contributed by atoms with van der Waals surface area (Å²) in [7, 11) is 0. The Morgan fingerprint density at radius 2 is 1.56 bits per heavy atom. The average molecular weight is 220 g/mol. The lowest BCUT2D eigenvalue weighted by Gasteiger charge is -2.22. The highest BCUT2D eigenvalue weighted by Crippen LogP contribution is 2.32. The van der Waals surface area contributed by atoms with Crippen LogP contribution in [0.25, 0.3) is 0 Å². The molecule has 0 unspecified atom stereocenters. The summed E-state index contributed by atoms with van der Waals surface area (Å²) in [5, 5.41) is 10.0. The van der Waals surface area contributed by atoms with E-state index in [2.05, 4.69) is 53.7 Å². The molecule has 0 spiro atoms. The van der Waals surface area contributed by atoms with Crippen molar-refractivity contribution in [3.63, 3.8) is 0 Å². The van der Waals surface area contributed by atoms with E-state index in [0.29, 0.717) is 5.75 Å². The molecule has 1 nitrogen and oxygen atoms in total. The molecule has 0 amide bonds. The van der Waals surface area contributed by atoms with E-state index >= 15 is 0 Å². The van der Waals surface area contributed by atoms with Crippen molar-refractivity contribution in [1.29, 1.82) is 0 Å². The fraction of sp³-hybridized carbons (Fsp3) is 0.600. The van der Waals surface area contributed by atoms with Crippen LogP contribution in [0.2, 0.25) is 0 Å². The molecule has 0 aromatic heterocycles. The van der Waals surface area contributed by atoms with Gasteiger partial charge in [-0.2, -0.15) is 0 Å². The smallest absolute Gasteiger partial charge is 0.119 e. The van der Waals surface area contributed by atoms with Crippen LogP contribution < -0.4 is 0 Å². The van der Waals surface area contributed by atoms with Gasteiger partial charge in [-0.25, -0.2) is 0 Å². The second kappa shape index (κ2) is 4.12. The van der Waals surface area contributed by atoms with Gasteiger partial charge in [0, 0.05) is 0 Å². The van der Waals surface area contributed by atoms with Crippen molar-refractivity contribution in [2.45, 2.75) is 53.4 Å². The normalized spacial score (nSPS) is 12.9. The van der Waals surface area contributed by atoms with Gasteiger partial charge < -0.3 is 5.11 Å². The van der Waals surface area contributed by atoms with Gasteiger partial charge in [0.25, 0.3) is 0 Å². The first kappa shape index (κ1) is 13.1. The molecule has 16 heavy (non-hydrogen) atoms. The van der Waals surface area contributed by atoms with Crippen molar-refractivity contribution >= 4 is 0 Å². The van der Waals surface area contributed by atoms with Crippen molar-refractivity contribution in [1.82, 2.24) is 0 Å². The zero-order valence-corrected chi connectivity index (χ0v) is 11.4. The molecule has 0 fully saturated rings. The molecule has 0 saturated heterocycles. The Balaban J connectivity index is 3.01. The highest BCUT2D eigenvalue weighted by atomic mass is 16.3. The Morgan fingerprint density at radius 1 is 1.00 bits per heavy atom. The average Bonchev–Trinajstić information content (AvgIpc) is 1.97. The third-order valence-electron chi connectivity index (χ3n) is 2.60. The molecule has 0 saturated carbocycles. The number of phenolic OH excluding ortho intramolecular Hbond substituents is 1. The van der Waals surface area contributed by atoms with Crippen molar-refractivity contribution in [2.75, 3.05) is 0 Å². The summed E-state index contributed by atoms with van der Waals surface area (Å²) in [4.78, 5) is 0. The third kappa shape index (κ3) is 3.55. The van der Waals surface area contributed by atoms with E-state index in [9.17, 15) is 5.11 Å². The van der Waals surface area contributed by atoms with Crippen LogP contribution in [0.1, 0.15) is 52.7 Å². The predicted octanol–water partition coefficient (Wildman–Crippen LogP) is 4.28. The topological polar surface area (TPSA) is 20.2 Å². The minimum absolute atomic E-state index is 0.00431. The number of aromatic hydroxyl groups is 1. The van der Waals surface area contributed by atoms with Crippen LogP contribution in [0, 0.1) is 5.41 Å². The maximum Gasteiger partial charge on any atom is 0.119 e. The molecule has 0 bridgehead atoms. The number of rotatable bonds is 1. The highest BCUT2D eigenvalue weighted by Gasteiger charge is 2.19. The maximum atomic E-state index is 10.0. The molecular weight excluding hydrogens is 196 g/mol. The minimum Gasteiger partial charge on any atom is -0.508 e. The fourth-order valence-electron chi connectivity index (χ4n) is 1.93. The second-order valence-corrected chi connectivity index (χ2v) is 6.84. The number of phenols is 1. The largest absolute Gasteiger partial charge is 0.508 e. The van der Waals surface area contributed by atoms with Gasteiger partial charge in [0.2, 0.25) is 0 Å². The molecule has 1 aromatic rings. The Kier molecular flexibility index (Phi) is 3.37. The second-order valence-electron chi connectivity index (χ2n) is 6.84. The molecule has 0 atom stereocenters. The van der Waals surface area contributed by atoms with Gasteiger partial charge in [-0.05, 0) is 34.4 Å². The van der Waals surface area contributed by atoms with Gasteiger partial charge in [-0.3, -0.25) is 0 Å². The first-order chi connectivity index (χ1) is 7.09. The SMILES string of the molecule is CC(C)(C)Cc1ccc(C(C)(C)C)c(O)c1. The molecular formula is C15H24O. The molecule has 1 N–H and O–H groups in total. The number of hydrogen-bond acceptors (Lipinski definition) is 1. The molecule has 0 heterocycles. The van der Waals surface area contributed by atoms with Gasteiger partial charge >= 0.3 is 0 Å². The standard InChI is InChI=1S/C15H24O/c1-14(2,3)10-11-7-8-12(13(16)9-11)15(4,5)6/h7-9,16H,10H2,1-6H3.